The van der Waals surface area contributed by atoms with E-state index in [0.717, 1.165) is 12.1 Å². The fourth-order valence-corrected chi connectivity index (χ4v) is 2.27. The summed E-state index contributed by atoms with van der Waals surface area (Å²) >= 11 is 3.11. The molecule has 1 aromatic rings. The molecule has 0 amide bonds. The molecule has 0 aliphatic heterocycles. The number of hydrogen-bond donors (Lipinski definition) is 1. The maximum Gasteiger partial charge on any atom is 0.173 e. The lowest BCUT2D eigenvalue weighted by molar-refractivity contribution is 0.414. The Hall–Kier alpha value is -0.480. The SMILES string of the molecule is CCNC(c1ccc(F)c(F)c1Br)C(C)C. The van der Waals surface area contributed by atoms with Crippen LogP contribution in [0.2, 0.25) is 0 Å². The highest BCUT2D eigenvalue weighted by molar-refractivity contribution is 9.10. The van der Waals surface area contributed by atoms with Gasteiger partial charge in [0.2, 0.25) is 0 Å². The van der Waals surface area contributed by atoms with Gasteiger partial charge in [-0.1, -0.05) is 26.8 Å². The zero-order valence-electron chi connectivity index (χ0n) is 9.65. The number of rotatable bonds is 4. The summed E-state index contributed by atoms with van der Waals surface area (Å²) in [5, 5.41) is 3.27. The van der Waals surface area contributed by atoms with Gasteiger partial charge in [0, 0.05) is 6.04 Å². The van der Waals surface area contributed by atoms with Crippen molar-refractivity contribution in [3.05, 3.63) is 33.8 Å². The Morgan fingerprint density at radius 2 is 1.94 bits per heavy atom. The first kappa shape index (κ1) is 13.6. The quantitative estimate of drug-likeness (QED) is 0.826. The van der Waals surface area contributed by atoms with Crippen LogP contribution in [-0.2, 0) is 0 Å². The average molecular weight is 292 g/mol. The maximum absolute atomic E-state index is 13.4. The van der Waals surface area contributed by atoms with Crippen molar-refractivity contribution >= 4 is 15.9 Å². The zero-order chi connectivity index (χ0) is 12.3. The lowest BCUT2D eigenvalue weighted by atomic mass is 9.96. The van der Waals surface area contributed by atoms with Crippen molar-refractivity contribution in [3.8, 4) is 0 Å². The molecule has 0 radical (unpaired) electrons. The van der Waals surface area contributed by atoms with Crippen LogP contribution in [0.1, 0.15) is 32.4 Å². The highest BCUT2D eigenvalue weighted by atomic mass is 79.9. The number of halogens is 3. The van der Waals surface area contributed by atoms with Gasteiger partial charge in [0.1, 0.15) is 0 Å². The third kappa shape index (κ3) is 2.80. The summed E-state index contributed by atoms with van der Waals surface area (Å²) in [5.74, 6) is -1.34. The van der Waals surface area contributed by atoms with Crippen molar-refractivity contribution in [1.29, 1.82) is 0 Å². The lowest BCUT2D eigenvalue weighted by Crippen LogP contribution is -2.26. The second-order valence-corrected chi connectivity index (χ2v) is 4.84. The van der Waals surface area contributed by atoms with Crippen LogP contribution in [0.25, 0.3) is 0 Å². The number of hydrogen-bond acceptors (Lipinski definition) is 1. The smallest absolute Gasteiger partial charge is 0.173 e. The Bertz CT molecular complexity index is 366. The largest absolute Gasteiger partial charge is 0.310 e. The first-order chi connectivity index (χ1) is 7.49. The van der Waals surface area contributed by atoms with Gasteiger partial charge in [0.05, 0.1) is 4.47 Å². The molecule has 1 nitrogen and oxygen atoms in total. The monoisotopic (exact) mass is 291 g/mol. The molecule has 0 saturated carbocycles. The fraction of sp³-hybridized carbons (Fsp3) is 0.500. The summed E-state index contributed by atoms with van der Waals surface area (Å²) in [6.45, 7) is 6.86. The summed E-state index contributed by atoms with van der Waals surface area (Å²) in [4.78, 5) is 0. The van der Waals surface area contributed by atoms with E-state index in [1.807, 2.05) is 20.8 Å². The van der Waals surface area contributed by atoms with E-state index in [4.69, 9.17) is 0 Å². The molecule has 1 atom stereocenters. The highest BCUT2D eigenvalue weighted by Gasteiger charge is 2.20. The molecule has 0 aromatic heterocycles. The molecule has 0 heterocycles. The molecule has 0 fully saturated rings. The van der Waals surface area contributed by atoms with Crippen molar-refractivity contribution in [1.82, 2.24) is 5.32 Å². The first-order valence-corrected chi connectivity index (χ1v) is 6.15. The Morgan fingerprint density at radius 1 is 1.31 bits per heavy atom. The summed E-state index contributed by atoms with van der Waals surface area (Å²) in [6, 6.07) is 2.81. The van der Waals surface area contributed by atoms with Gasteiger partial charge < -0.3 is 5.32 Å². The molecule has 90 valence electrons. The average Bonchev–Trinajstić information content (AvgIpc) is 2.24. The highest BCUT2D eigenvalue weighted by Crippen LogP contribution is 2.31. The van der Waals surface area contributed by atoms with E-state index < -0.39 is 11.6 Å². The molecule has 0 aliphatic rings. The van der Waals surface area contributed by atoms with Gasteiger partial charge in [-0.2, -0.15) is 0 Å². The molecule has 4 heteroatoms. The van der Waals surface area contributed by atoms with E-state index in [0.29, 0.717) is 5.92 Å². The molecule has 1 aromatic carbocycles. The van der Waals surface area contributed by atoms with E-state index in [2.05, 4.69) is 21.2 Å². The van der Waals surface area contributed by atoms with Crippen molar-refractivity contribution in [3.63, 3.8) is 0 Å². The van der Waals surface area contributed by atoms with Crippen molar-refractivity contribution in [2.45, 2.75) is 26.8 Å². The third-order valence-corrected chi connectivity index (χ3v) is 3.30. The standard InChI is InChI=1S/C12H16BrF2N/c1-4-16-12(7(2)3)8-5-6-9(14)11(15)10(8)13/h5-7,12,16H,4H2,1-3H3. The minimum absolute atomic E-state index is 0.0227. The van der Waals surface area contributed by atoms with Crippen LogP contribution in [0.15, 0.2) is 16.6 Å². The van der Waals surface area contributed by atoms with Crippen LogP contribution in [0.3, 0.4) is 0 Å². The van der Waals surface area contributed by atoms with Crippen LogP contribution in [-0.4, -0.2) is 6.54 Å². The second kappa shape index (κ2) is 5.73. The van der Waals surface area contributed by atoms with Crippen LogP contribution < -0.4 is 5.32 Å². The summed E-state index contributed by atoms with van der Waals surface area (Å²) in [5.41, 5.74) is 0.760. The molecule has 0 bridgehead atoms. The van der Waals surface area contributed by atoms with E-state index in [1.165, 1.54) is 6.07 Å². The van der Waals surface area contributed by atoms with E-state index >= 15 is 0 Å². The number of benzene rings is 1. The van der Waals surface area contributed by atoms with Gasteiger partial charge in [-0.25, -0.2) is 8.78 Å². The third-order valence-electron chi connectivity index (χ3n) is 2.49. The molecule has 0 aliphatic carbocycles. The topological polar surface area (TPSA) is 12.0 Å². The molecular formula is C12H16BrF2N. The molecule has 1 unspecified atom stereocenters. The predicted octanol–water partition coefficient (Wildman–Crippen LogP) is 4.03. The second-order valence-electron chi connectivity index (χ2n) is 4.04. The molecule has 16 heavy (non-hydrogen) atoms. The Labute approximate surface area is 103 Å². The Kier molecular flexibility index (Phi) is 4.87. The molecule has 0 saturated heterocycles. The van der Waals surface area contributed by atoms with Crippen LogP contribution in [0.4, 0.5) is 8.78 Å². The van der Waals surface area contributed by atoms with Crippen LogP contribution >= 0.6 is 15.9 Å². The lowest BCUT2D eigenvalue weighted by Gasteiger charge is -2.23. The Balaban J connectivity index is 3.15. The minimum atomic E-state index is -0.824. The summed E-state index contributed by atoms with van der Waals surface area (Å²) < 4.78 is 26.6. The molecule has 0 spiro atoms. The van der Waals surface area contributed by atoms with E-state index in [9.17, 15) is 8.78 Å². The van der Waals surface area contributed by atoms with Crippen molar-refractivity contribution in [2.24, 2.45) is 5.92 Å². The van der Waals surface area contributed by atoms with Gasteiger partial charge in [0.15, 0.2) is 11.6 Å². The van der Waals surface area contributed by atoms with Crippen molar-refractivity contribution in [2.75, 3.05) is 6.54 Å². The van der Waals surface area contributed by atoms with Gasteiger partial charge >= 0.3 is 0 Å². The predicted molar refractivity (Wildman–Crippen MR) is 65.3 cm³/mol. The number of nitrogens with one attached hydrogen (secondary N) is 1. The summed E-state index contributed by atoms with van der Waals surface area (Å²) in [6.07, 6.45) is 0. The Morgan fingerprint density at radius 3 is 2.44 bits per heavy atom. The molecule has 1 N–H and O–H groups in total. The van der Waals surface area contributed by atoms with Crippen molar-refractivity contribution < 1.29 is 8.78 Å². The fourth-order valence-electron chi connectivity index (χ4n) is 1.71. The molecule has 1 rings (SSSR count). The normalized spacial score (nSPS) is 13.2. The van der Waals surface area contributed by atoms with Gasteiger partial charge in [-0.15, -0.1) is 0 Å². The molecular weight excluding hydrogens is 276 g/mol. The first-order valence-electron chi connectivity index (χ1n) is 5.35. The van der Waals surface area contributed by atoms with Gasteiger partial charge in [-0.05, 0) is 40.0 Å². The van der Waals surface area contributed by atoms with Crippen LogP contribution in [0.5, 0.6) is 0 Å². The van der Waals surface area contributed by atoms with Gasteiger partial charge in [0.25, 0.3) is 0 Å². The van der Waals surface area contributed by atoms with E-state index in [1.54, 1.807) is 6.07 Å². The zero-order valence-corrected chi connectivity index (χ0v) is 11.2. The summed E-state index contributed by atoms with van der Waals surface area (Å²) in [7, 11) is 0. The van der Waals surface area contributed by atoms with Crippen LogP contribution in [0, 0.1) is 17.6 Å². The van der Waals surface area contributed by atoms with E-state index in [-0.39, 0.29) is 10.5 Å². The van der Waals surface area contributed by atoms with Gasteiger partial charge in [-0.3, -0.25) is 0 Å². The maximum atomic E-state index is 13.4. The minimum Gasteiger partial charge on any atom is -0.310 e.